The summed E-state index contributed by atoms with van der Waals surface area (Å²) in [7, 11) is 0. The van der Waals surface area contributed by atoms with Crippen molar-refractivity contribution in [3.8, 4) is 0 Å². The number of carbonyl (C=O) groups excluding carboxylic acids is 1. The van der Waals surface area contributed by atoms with E-state index < -0.39 is 74.2 Å². The number of ether oxygens (including phenoxy) is 2. The van der Waals surface area contributed by atoms with Crippen LogP contribution in [0.3, 0.4) is 0 Å². The average Bonchev–Trinajstić information content (AvgIpc) is 3.37. The van der Waals surface area contributed by atoms with Gasteiger partial charge in [-0.1, -0.05) is 296 Å². The first-order valence-corrected chi connectivity index (χ1v) is 30.9. The first-order valence-electron chi connectivity index (χ1n) is 30.9. The number of amides is 1. The van der Waals surface area contributed by atoms with E-state index in [4.69, 9.17) is 9.47 Å². The van der Waals surface area contributed by atoms with Gasteiger partial charge in [0.2, 0.25) is 5.91 Å². The van der Waals surface area contributed by atoms with Gasteiger partial charge in [0.25, 0.3) is 0 Å². The van der Waals surface area contributed by atoms with Crippen molar-refractivity contribution in [2.45, 2.75) is 364 Å². The number of nitrogens with one attached hydrogen (secondary N) is 1. The highest BCUT2D eigenvalue weighted by molar-refractivity contribution is 5.80. The molecule has 9 unspecified atom stereocenters. The zero-order valence-electron chi connectivity index (χ0n) is 46.5. The predicted molar refractivity (Wildman–Crippen MR) is 293 cm³/mol. The summed E-state index contributed by atoms with van der Waals surface area (Å²) in [5.41, 5.74) is 0. The number of hydrogen-bond acceptors (Lipinski definition) is 10. The molecule has 1 heterocycles. The molecule has 1 saturated heterocycles. The van der Waals surface area contributed by atoms with E-state index in [9.17, 15) is 40.5 Å². The van der Waals surface area contributed by atoms with Crippen LogP contribution in [-0.4, -0.2) is 110 Å². The molecule has 1 amide bonds. The maximum atomic E-state index is 13.1. The van der Waals surface area contributed by atoms with Crippen molar-refractivity contribution in [3.63, 3.8) is 0 Å². The van der Waals surface area contributed by atoms with Gasteiger partial charge in [-0.3, -0.25) is 4.79 Å². The van der Waals surface area contributed by atoms with Crippen LogP contribution in [0, 0.1) is 0 Å². The summed E-state index contributed by atoms with van der Waals surface area (Å²) in [5.74, 6) is -0.691. The lowest BCUT2D eigenvalue weighted by Gasteiger charge is -2.40. The molecule has 71 heavy (non-hydrogen) atoms. The van der Waals surface area contributed by atoms with Gasteiger partial charge < -0.3 is 50.5 Å². The second-order valence-corrected chi connectivity index (χ2v) is 22.1. The monoisotopic (exact) mass is 1010 g/mol. The molecule has 0 spiro atoms. The fraction of sp³-hybridized carbons (Fsp3) is 0.983. The molecule has 11 heteroatoms. The zero-order valence-corrected chi connectivity index (χ0v) is 46.5. The Bertz CT molecular complexity index is 1120. The molecule has 8 N–H and O–H groups in total. The summed E-state index contributed by atoms with van der Waals surface area (Å²) in [6.45, 7) is 3.46. The lowest BCUT2D eigenvalue weighted by atomic mass is 9.98. The van der Waals surface area contributed by atoms with Crippen LogP contribution in [0.1, 0.15) is 309 Å². The third-order valence-electron chi connectivity index (χ3n) is 15.4. The predicted octanol–water partition coefficient (Wildman–Crippen LogP) is 13.4. The van der Waals surface area contributed by atoms with Gasteiger partial charge in [0.05, 0.1) is 25.4 Å². The fourth-order valence-corrected chi connectivity index (χ4v) is 10.4. The molecule has 1 aliphatic rings. The van der Waals surface area contributed by atoms with Crippen LogP contribution in [0.4, 0.5) is 0 Å². The fourth-order valence-electron chi connectivity index (χ4n) is 10.4. The molecule has 0 aromatic heterocycles. The van der Waals surface area contributed by atoms with Crippen LogP contribution in [0.2, 0.25) is 0 Å². The highest BCUT2D eigenvalue weighted by Crippen LogP contribution is 2.24. The highest BCUT2D eigenvalue weighted by atomic mass is 16.7. The number of rotatable bonds is 54. The van der Waals surface area contributed by atoms with Crippen LogP contribution >= 0.6 is 0 Å². The lowest BCUT2D eigenvalue weighted by molar-refractivity contribution is -0.303. The van der Waals surface area contributed by atoms with Crippen LogP contribution in [0.25, 0.3) is 0 Å². The van der Waals surface area contributed by atoms with Crippen molar-refractivity contribution < 1.29 is 50.0 Å². The van der Waals surface area contributed by atoms with E-state index in [1.54, 1.807) is 0 Å². The van der Waals surface area contributed by atoms with Gasteiger partial charge >= 0.3 is 0 Å². The topological polar surface area (TPSA) is 189 Å². The highest BCUT2D eigenvalue weighted by Gasteiger charge is 2.44. The van der Waals surface area contributed by atoms with Crippen LogP contribution in [-0.2, 0) is 14.3 Å². The van der Waals surface area contributed by atoms with E-state index in [1.165, 1.54) is 231 Å². The molecular formula is C60H119NO10. The molecule has 0 saturated carbocycles. The zero-order chi connectivity index (χ0) is 51.8. The summed E-state index contributed by atoms with van der Waals surface area (Å²) in [4.78, 5) is 13.1. The maximum absolute atomic E-state index is 13.1. The molecule has 1 aliphatic heterocycles. The molecule has 11 nitrogen and oxygen atoms in total. The quantitative estimate of drug-likeness (QED) is 0.0272. The number of aliphatic hydroxyl groups excluding tert-OH is 7. The van der Waals surface area contributed by atoms with Gasteiger partial charge in [0, 0.05) is 0 Å². The minimum atomic E-state index is -1.66. The molecule has 0 bridgehead atoms. The van der Waals surface area contributed by atoms with Gasteiger partial charge in [-0.25, -0.2) is 0 Å². The van der Waals surface area contributed by atoms with E-state index in [-0.39, 0.29) is 6.42 Å². The number of carbonyl (C=O) groups is 1. The Morgan fingerprint density at radius 2 is 0.732 bits per heavy atom. The van der Waals surface area contributed by atoms with Crippen LogP contribution < -0.4 is 5.32 Å². The standard InChI is InChI=1S/C60H119NO10/c1-3-5-7-9-11-13-15-16-17-18-19-20-21-22-23-24-25-26-27-28-29-30-31-32-33-34-35-36-37-38-40-42-44-46-48-53(64)59(69)61-51(50-70-60-58(68)57(67)56(66)54(49-62)71-60)55(65)52(63)47-45-43-41-39-14-12-10-8-6-4-2/h51-58,60,62-68H,3-50H2,1-2H3,(H,61,69). The summed E-state index contributed by atoms with van der Waals surface area (Å²) in [6.07, 6.45) is 46.4. The number of hydrogen-bond donors (Lipinski definition) is 8. The number of aliphatic hydroxyl groups is 7. The van der Waals surface area contributed by atoms with Crippen LogP contribution in [0.5, 0.6) is 0 Å². The third kappa shape index (κ3) is 38.3. The minimum Gasteiger partial charge on any atom is -0.394 e. The van der Waals surface area contributed by atoms with Crippen molar-refractivity contribution in [2.75, 3.05) is 13.2 Å². The van der Waals surface area contributed by atoms with Crippen molar-refractivity contribution in [1.82, 2.24) is 5.32 Å². The molecule has 1 fully saturated rings. The second kappa shape index (κ2) is 50.0. The van der Waals surface area contributed by atoms with E-state index in [0.29, 0.717) is 19.3 Å². The average molecular weight is 1010 g/mol. The Kier molecular flexibility index (Phi) is 47.9. The van der Waals surface area contributed by atoms with Gasteiger partial charge in [-0.05, 0) is 12.8 Å². The molecule has 1 rings (SSSR count). The van der Waals surface area contributed by atoms with E-state index in [2.05, 4.69) is 19.2 Å². The Morgan fingerprint density at radius 3 is 1.04 bits per heavy atom. The Morgan fingerprint density at radius 1 is 0.437 bits per heavy atom. The molecule has 9 atom stereocenters. The molecule has 0 aromatic rings. The normalized spacial score (nSPS) is 20.0. The maximum Gasteiger partial charge on any atom is 0.249 e. The second-order valence-electron chi connectivity index (χ2n) is 22.1. The molecule has 0 aromatic carbocycles. The summed E-state index contributed by atoms with van der Waals surface area (Å²) >= 11 is 0. The number of unbranched alkanes of at least 4 members (excludes halogenated alkanes) is 42. The first-order chi connectivity index (χ1) is 34.7. The minimum absolute atomic E-state index is 0.267. The van der Waals surface area contributed by atoms with Crippen molar-refractivity contribution in [2.24, 2.45) is 0 Å². The van der Waals surface area contributed by atoms with E-state index in [0.717, 1.165) is 38.5 Å². The molecule has 0 radical (unpaired) electrons. The first kappa shape index (κ1) is 68.1. The summed E-state index contributed by atoms with van der Waals surface area (Å²) in [5, 5.41) is 75.9. The summed E-state index contributed by atoms with van der Waals surface area (Å²) < 4.78 is 11.1. The van der Waals surface area contributed by atoms with Gasteiger partial charge in [0.1, 0.15) is 36.6 Å². The van der Waals surface area contributed by atoms with E-state index >= 15 is 0 Å². The third-order valence-corrected chi connectivity index (χ3v) is 15.4. The molecule has 424 valence electrons. The van der Waals surface area contributed by atoms with Gasteiger partial charge in [-0.15, -0.1) is 0 Å². The van der Waals surface area contributed by atoms with Gasteiger partial charge in [-0.2, -0.15) is 0 Å². The van der Waals surface area contributed by atoms with Crippen molar-refractivity contribution in [3.05, 3.63) is 0 Å². The Balaban J connectivity index is 2.10. The van der Waals surface area contributed by atoms with Crippen LogP contribution in [0.15, 0.2) is 0 Å². The van der Waals surface area contributed by atoms with Crippen molar-refractivity contribution in [1.29, 1.82) is 0 Å². The van der Waals surface area contributed by atoms with Crippen molar-refractivity contribution >= 4 is 5.91 Å². The SMILES string of the molecule is CCCCCCCCCCCCCCCCCCCCCCCCCCCCCCCCCCCCC(O)C(=O)NC(COC1OC(CO)C(O)C(O)C1O)C(O)C(O)CCCCCCCCCCCC. The Hall–Kier alpha value is -0.890. The van der Waals surface area contributed by atoms with Gasteiger partial charge in [0.15, 0.2) is 6.29 Å². The Labute approximate surface area is 437 Å². The smallest absolute Gasteiger partial charge is 0.249 e. The molecule has 0 aliphatic carbocycles. The summed E-state index contributed by atoms with van der Waals surface area (Å²) in [6, 6.07) is -1.16. The van der Waals surface area contributed by atoms with E-state index in [1.807, 2.05) is 0 Å². The molecular weight excluding hydrogens is 895 g/mol. The lowest BCUT2D eigenvalue weighted by Crippen LogP contribution is -2.60. The largest absolute Gasteiger partial charge is 0.394 e.